The van der Waals surface area contributed by atoms with Crippen molar-refractivity contribution >= 4 is 23.8 Å². The van der Waals surface area contributed by atoms with Gasteiger partial charge in [0.15, 0.2) is 0 Å². The molecule has 2 fully saturated rings. The molecular weight excluding hydrogens is 537 g/mol. The van der Waals surface area contributed by atoms with E-state index in [2.05, 4.69) is 9.88 Å². The maximum Gasteiger partial charge on any atom is 0.490 e. The molecule has 0 saturated carbocycles. The van der Waals surface area contributed by atoms with Crippen molar-refractivity contribution in [1.29, 1.82) is 0 Å². The van der Waals surface area contributed by atoms with E-state index in [4.69, 9.17) is 19.8 Å². The minimum absolute atomic E-state index is 0.0218. The third-order valence-corrected chi connectivity index (χ3v) is 5.39. The number of nitrogens with zero attached hydrogens (tertiary/aromatic N) is 4. The number of piperidine rings is 1. The number of likely N-dealkylation sites (N-methyl/N-ethyl adjacent to an activating group) is 1. The van der Waals surface area contributed by atoms with Gasteiger partial charge in [-0.05, 0) is 33.0 Å². The summed E-state index contributed by atoms with van der Waals surface area (Å²) in [6.45, 7) is 2.08. The van der Waals surface area contributed by atoms with E-state index in [1.165, 1.54) is 18.3 Å². The number of carbonyl (C=O) groups excluding carboxylic acids is 2. The predicted octanol–water partition coefficient (Wildman–Crippen LogP) is 2.25. The van der Waals surface area contributed by atoms with Crippen molar-refractivity contribution in [3.05, 3.63) is 29.8 Å². The standard InChI is InChI=1S/C17H23FN4O2.2C2HF3O2/c1-20(2)9-10-21-14-6-8-22(13(14)3-4-16(21)23)17(24)12-5-7-19-15(18)11-12;2*3-2(4,5)1(6)7/h5,7,11,13-14H,3-4,6,8-10H2,1-2H3;2*(H,6,7)/t13-,14-;;/m1../s1. The van der Waals surface area contributed by atoms with Gasteiger partial charge in [0.25, 0.3) is 5.91 Å². The molecule has 38 heavy (non-hydrogen) atoms. The van der Waals surface area contributed by atoms with E-state index in [-0.39, 0.29) is 23.9 Å². The van der Waals surface area contributed by atoms with Crippen LogP contribution in [-0.2, 0) is 14.4 Å². The number of alkyl halides is 6. The van der Waals surface area contributed by atoms with Gasteiger partial charge in [0, 0.05) is 43.9 Å². The average Bonchev–Trinajstić information content (AvgIpc) is 3.21. The number of likely N-dealkylation sites (tertiary alicyclic amines) is 2. The molecule has 2 aliphatic heterocycles. The first-order valence-corrected chi connectivity index (χ1v) is 10.8. The molecule has 0 aromatic carbocycles. The Labute approximate surface area is 211 Å². The first kappa shape index (κ1) is 32.5. The first-order valence-electron chi connectivity index (χ1n) is 10.8. The summed E-state index contributed by atoms with van der Waals surface area (Å²) in [7, 11) is 3.96. The predicted molar refractivity (Wildman–Crippen MR) is 114 cm³/mol. The minimum atomic E-state index is -5.08. The smallest absolute Gasteiger partial charge is 0.475 e. The summed E-state index contributed by atoms with van der Waals surface area (Å²) in [4.78, 5) is 52.1. The molecule has 0 aliphatic carbocycles. The lowest BCUT2D eigenvalue weighted by atomic mass is 9.96. The summed E-state index contributed by atoms with van der Waals surface area (Å²) in [6, 6.07) is 2.81. The van der Waals surface area contributed by atoms with Gasteiger partial charge in [-0.25, -0.2) is 14.6 Å². The molecule has 10 nitrogen and oxygen atoms in total. The van der Waals surface area contributed by atoms with Gasteiger partial charge in [0.2, 0.25) is 11.9 Å². The number of carboxylic acids is 2. The van der Waals surface area contributed by atoms with Crippen LogP contribution in [-0.4, -0.2) is 112 Å². The summed E-state index contributed by atoms with van der Waals surface area (Å²) < 4.78 is 76.8. The number of rotatable bonds is 4. The summed E-state index contributed by atoms with van der Waals surface area (Å²) >= 11 is 0. The lowest BCUT2D eigenvalue weighted by Crippen LogP contribution is -2.54. The van der Waals surface area contributed by atoms with Gasteiger partial charge in [-0.1, -0.05) is 0 Å². The van der Waals surface area contributed by atoms with Gasteiger partial charge >= 0.3 is 24.3 Å². The highest BCUT2D eigenvalue weighted by molar-refractivity contribution is 5.94. The van der Waals surface area contributed by atoms with Crippen molar-refractivity contribution < 1.29 is 60.1 Å². The summed E-state index contributed by atoms with van der Waals surface area (Å²) in [6.07, 6.45) is -6.93. The molecule has 0 bridgehead atoms. The van der Waals surface area contributed by atoms with Crippen LogP contribution in [0.2, 0.25) is 0 Å². The zero-order valence-electron chi connectivity index (χ0n) is 20.1. The van der Waals surface area contributed by atoms with Crippen LogP contribution in [0.5, 0.6) is 0 Å². The summed E-state index contributed by atoms with van der Waals surface area (Å²) in [5, 5.41) is 14.2. The maximum atomic E-state index is 13.3. The van der Waals surface area contributed by atoms with E-state index < -0.39 is 30.2 Å². The SMILES string of the molecule is CN(C)CCN1C(=O)CC[C@@H]2[C@H]1CCN2C(=O)c1ccnc(F)c1.O=C(O)C(F)(F)F.O=C(O)C(F)(F)F. The number of hydrogen-bond acceptors (Lipinski definition) is 6. The molecule has 3 rings (SSSR count). The second-order valence-corrected chi connectivity index (χ2v) is 8.32. The number of pyridine rings is 1. The maximum absolute atomic E-state index is 13.3. The minimum Gasteiger partial charge on any atom is -0.475 e. The molecule has 214 valence electrons. The fourth-order valence-corrected chi connectivity index (χ4v) is 3.70. The molecule has 1 aromatic heterocycles. The zero-order chi connectivity index (χ0) is 29.4. The highest BCUT2D eigenvalue weighted by atomic mass is 19.4. The Morgan fingerprint density at radius 2 is 1.55 bits per heavy atom. The third-order valence-electron chi connectivity index (χ3n) is 5.39. The lowest BCUT2D eigenvalue weighted by Gasteiger charge is -2.40. The van der Waals surface area contributed by atoms with Crippen molar-refractivity contribution in [3.8, 4) is 0 Å². The second kappa shape index (κ2) is 13.3. The highest BCUT2D eigenvalue weighted by Gasteiger charge is 2.45. The molecule has 2 aliphatic rings. The van der Waals surface area contributed by atoms with Gasteiger partial charge in [-0.15, -0.1) is 0 Å². The highest BCUT2D eigenvalue weighted by Crippen LogP contribution is 2.32. The van der Waals surface area contributed by atoms with Crippen LogP contribution in [0.15, 0.2) is 18.3 Å². The number of carboxylic acid groups (broad SMARTS) is 2. The van der Waals surface area contributed by atoms with Crippen LogP contribution in [0.3, 0.4) is 0 Å². The van der Waals surface area contributed by atoms with Crippen LogP contribution >= 0.6 is 0 Å². The van der Waals surface area contributed by atoms with Gasteiger partial charge in [-0.2, -0.15) is 30.7 Å². The van der Waals surface area contributed by atoms with Crippen molar-refractivity contribution in [2.24, 2.45) is 0 Å². The van der Waals surface area contributed by atoms with E-state index in [0.29, 0.717) is 31.5 Å². The van der Waals surface area contributed by atoms with Crippen LogP contribution in [0.4, 0.5) is 30.7 Å². The largest absolute Gasteiger partial charge is 0.490 e. The Morgan fingerprint density at radius 1 is 1.03 bits per heavy atom. The molecule has 0 spiro atoms. The number of carbonyl (C=O) groups is 4. The Balaban J connectivity index is 0.000000426. The van der Waals surface area contributed by atoms with Gasteiger partial charge in [-0.3, -0.25) is 9.59 Å². The van der Waals surface area contributed by atoms with Crippen molar-refractivity contribution in [2.75, 3.05) is 33.7 Å². The van der Waals surface area contributed by atoms with Crippen molar-refractivity contribution in [3.63, 3.8) is 0 Å². The van der Waals surface area contributed by atoms with Gasteiger partial charge in [0.05, 0.1) is 12.1 Å². The molecule has 3 heterocycles. The molecule has 1 aromatic rings. The topological polar surface area (TPSA) is 131 Å². The molecule has 2 amide bonds. The van der Waals surface area contributed by atoms with Crippen LogP contribution < -0.4 is 0 Å². The third kappa shape index (κ3) is 9.75. The number of amides is 2. The normalized spacial score (nSPS) is 19.2. The molecule has 0 unspecified atom stereocenters. The second-order valence-electron chi connectivity index (χ2n) is 8.32. The number of aliphatic carboxylic acids is 2. The number of aromatic nitrogens is 1. The fraction of sp³-hybridized carbons (Fsp3) is 0.571. The number of halogens is 7. The fourth-order valence-electron chi connectivity index (χ4n) is 3.70. The van der Waals surface area contributed by atoms with Gasteiger partial charge in [0.1, 0.15) is 0 Å². The first-order chi connectivity index (χ1) is 17.4. The Hall–Kier alpha value is -3.50. The number of hydrogen-bond donors (Lipinski definition) is 2. The van der Waals surface area contributed by atoms with E-state index >= 15 is 0 Å². The monoisotopic (exact) mass is 562 g/mol. The van der Waals surface area contributed by atoms with Crippen LogP contribution in [0.1, 0.15) is 29.6 Å². The molecule has 2 N–H and O–H groups in total. The van der Waals surface area contributed by atoms with E-state index in [1.807, 2.05) is 19.0 Å². The van der Waals surface area contributed by atoms with Crippen LogP contribution in [0.25, 0.3) is 0 Å². The molecular formula is C21H25F7N4O6. The molecule has 0 radical (unpaired) electrons. The van der Waals surface area contributed by atoms with Gasteiger partial charge < -0.3 is 24.9 Å². The average molecular weight is 562 g/mol. The Kier molecular flexibility index (Phi) is 11.4. The summed E-state index contributed by atoms with van der Waals surface area (Å²) in [5.41, 5.74) is 0.319. The molecule has 2 atom stereocenters. The Morgan fingerprint density at radius 3 is 2.00 bits per heavy atom. The number of fused-ring (bicyclic) bond motifs is 1. The molecule has 2 saturated heterocycles. The van der Waals surface area contributed by atoms with E-state index in [0.717, 1.165) is 13.0 Å². The Bertz CT molecular complexity index is 979. The van der Waals surface area contributed by atoms with Crippen molar-refractivity contribution in [1.82, 2.24) is 19.7 Å². The lowest BCUT2D eigenvalue weighted by molar-refractivity contribution is -0.193. The van der Waals surface area contributed by atoms with Crippen LogP contribution in [0, 0.1) is 5.95 Å². The molecule has 17 heteroatoms. The van der Waals surface area contributed by atoms with E-state index in [9.17, 15) is 40.3 Å². The summed E-state index contributed by atoms with van der Waals surface area (Å²) in [5.74, 6) is -6.17. The quantitative estimate of drug-likeness (QED) is 0.422. The van der Waals surface area contributed by atoms with Crippen molar-refractivity contribution in [2.45, 2.75) is 43.7 Å². The van der Waals surface area contributed by atoms with E-state index in [1.54, 1.807) is 4.90 Å². The zero-order valence-corrected chi connectivity index (χ0v) is 20.1.